The van der Waals surface area contributed by atoms with Crippen molar-refractivity contribution in [1.82, 2.24) is 9.88 Å². The Morgan fingerprint density at radius 1 is 1.33 bits per heavy atom. The molecule has 0 fully saturated rings. The minimum absolute atomic E-state index is 0.117. The van der Waals surface area contributed by atoms with Crippen LogP contribution in [0, 0.1) is 0 Å². The number of rotatable bonds is 6. The number of hydrogen-bond acceptors (Lipinski definition) is 5. The van der Waals surface area contributed by atoms with Crippen LogP contribution < -0.4 is 9.47 Å². The topological polar surface area (TPSA) is 51.7 Å². The Hall–Kier alpha value is -2.08. The van der Waals surface area contributed by atoms with Crippen LogP contribution in [0.15, 0.2) is 23.6 Å². The van der Waals surface area contributed by atoms with E-state index in [-0.39, 0.29) is 12.7 Å². The fourth-order valence-electron chi connectivity index (χ4n) is 2.53. The third-order valence-corrected chi connectivity index (χ3v) is 5.15. The Morgan fingerprint density at radius 3 is 2.88 bits per heavy atom. The number of thiazole rings is 1. The van der Waals surface area contributed by atoms with E-state index in [9.17, 15) is 4.79 Å². The molecule has 0 radical (unpaired) electrons. The third-order valence-electron chi connectivity index (χ3n) is 3.95. The summed E-state index contributed by atoms with van der Waals surface area (Å²) in [6.45, 7) is 5.08. The number of ether oxygens (including phenoxy) is 2. The summed E-state index contributed by atoms with van der Waals surface area (Å²) in [7, 11) is 1.83. The molecule has 3 rings (SSSR count). The SMILES string of the molecule is CC(C)c1nc(CN(C)C(=O)CCc2ccc3c(c2)OCO3)cs1. The highest BCUT2D eigenvalue weighted by molar-refractivity contribution is 7.09. The van der Waals surface area contributed by atoms with Crippen molar-refractivity contribution in [3.63, 3.8) is 0 Å². The highest BCUT2D eigenvalue weighted by atomic mass is 32.1. The fourth-order valence-corrected chi connectivity index (χ4v) is 3.36. The van der Waals surface area contributed by atoms with E-state index >= 15 is 0 Å². The van der Waals surface area contributed by atoms with Crippen LogP contribution in [0.1, 0.15) is 42.5 Å². The van der Waals surface area contributed by atoms with Gasteiger partial charge in [-0.05, 0) is 24.1 Å². The monoisotopic (exact) mass is 346 g/mol. The summed E-state index contributed by atoms with van der Waals surface area (Å²) < 4.78 is 10.7. The standard InChI is InChI=1S/C18H22N2O3S/c1-12(2)18-19-14(10-24-18)9-20(3)17(21)7-5-13-4-6-15-16(8-13)23-11-22-15/h4,6,8,10,12H,5,7,9,11H2,1-3H3. The maximum Gasteiger partial charge on any atom is 0.231 e. The molecule has 2 heterocycles. The van der Waals surface area contributed by atoms with E-state index in [4.69, 9.17) is 9.47 Å². The van der Waals surface area contributed by atoms with Gasteiger partial charge in [-0.25, -0.2) is 4.98 Å². The van der Waals surface area contributed by atoms with Gasteiger partial charge in [-0.1, -0.05) is 19.9 Å². The number of nitrogens with zero attached hydrogens (tertiary/aromatic N) is 2. The lowest BCUT2D eigenvalue weighted by Crippen LogP contribution is -2.26. The van der Waals surface area contributed by atoms with Crippen LogP contribution in [-0.4, -0.2) is 29.6 Å². The normalized spacial score (nSPS) is 12.7. The van der Waals surface area contributed by atoms with E-state index < -0.39 is 0 Å². The maximum atomic E-state index is 12.3. The zero-order valence-electron chi connectivity index (χ0n) is 14.2. The summed E-state index contributed by atoms with van der Waals surface area (Å²) in [6.07, 6.45) is 1.16. The molecule has 6 heteroatoms. The summed E-state index contributed by atoms with van der Waals surface area (Å²) in [4.78, 5) is 18.7. The van der Waals surface area contributed by atoms with Gasteiger partial charge in [0.2, 0.25) is 12.7 Å². The van der Waals surface area contributed by atoms with Crippen molar-refractivity contribution >= 4 is 17.2 Å². The van der Waals surface area contributed by atoms with Crippen LogP contribution in [0.2, 0.25) is 0 Å². The molecule has 0 bridgehead atoms. The Kier molecular flexibility index (Phi) is 5.04. The van der Waals surface area contributed by atoms with Gasteiger partial charge in [-0.3, -0.25) is 4.79 Å². The van der Waals surface area contributed by atoms with E-state index in [0.717, 1.165) is 27.8 Å². The molecule has 2 aromatic rings. The van der Waals surface area contributed by atoms with Crippen molar-refractivity contribution in [1.29, 1.82) is 0 Å². The summed E-state index contributed by atoms with van der Waals surface area (Å²) in [6, 6.07) is 5.83. The second kappa shape index (κ2) is 7.21. The molecular weight excluding hydrogens is 324 g/mol. The first kappa shape index (κ1) is 16.8. The van der Waals surface area contributed by atoms with Gasteiger partial charge in [0.15, 0.2) is 11.5 Å². The van der Waals surface area contributed by atoms with Crippen LogP contribution in [0.4, 0.5) is 0 Å². The van der Waals surface area contributed by atoms with Gasteiger partial charge in [0.1, 0.15) is 0 Å². The van der Waals surface area contributed by atoms with Crippen molar-refractivity contribution in [3.8, 4) is 11.5 Å². The average molecular weight is 346 g/mol. The Balaban J connectivity index is 1.52. The number of aryl methyl sites for hydroxylation is 1. The quantitative estimate of drug-likeness (QED) is 0.802. The molecule has 1 aromatic carbocycles. The molecule has 128 valence electrons. The number of aromatic nitrogens is 1. The minimum atomic E-state index is 0.117. The molecule has 0 unspecified atom stereocenters. The number of fused-ring (bicyclic) bond motifs is 1. The van der Waals surface area contributed by atoms with Crippen LogP contribution in [-0.2, 0) is 17.8 Å². The summed E-state index contributed by atoms with van der Waals surface area (Å²) in [5, 5.41) is 3.16. The zero-order valence-corrected chi connectivity index (χ0v) is 15.1. The molecule has 0 saturated heterocycles. The number of carbonyl (C=O) groups excluding carboxylic acids is 1. The number of hydrogen-bond donors (Lipinski definition) is 0. The largest absolute Gasteiger partial charge is 0.454 e. The highest BCUT2D eigenvalue weighted by Gasteiger charge is 2.15. The van der Waals surface area contributed by atoms with Gasteiger partial charge >= 0.3 is 0 Å². The molecule has 0 spiro atoms. The lowest BCUT2D eigenvalue weighted by molar-refractivity contribution is -0.130. The predicted molar refractivity (Wildman–Crippen MR) is 93.6 cm³/mol. The van der Waals surface area contributed by atoms with Crippen LogP contribution in [0.3, 0.4) is 0 Å². The maximum absolute atomic E-state index is 12.3. The van der Waals surface area contributed by atoms with Crippen LogP contribution in [0.5, 0.6) is 11.5 Å². The van der Waals surface area contributed by atoms with E-state index in [1.807, 2.05) is 30.6 Å². The fraction of sp³-hybridized carbons (Fsp3) is 0.444. The molecule has 1 amide bonds. The molecule has 1 aliphatic heterocycles. The van der Waals surface area contributed by atoms with E-state index in [0.29, 0.717) is 25.3 Å². The number of carbonyl (C=O) groups is 1. The number of amides is 1. The molecule has 0 N–H and O–H groups in total. The predicted octanol–water partition coefficient (Wildman–Crippen LogP) is 3.59. The van der Waals surface area contributed by atoms with Crippen molar-refractivity contribution in [3.05, 3.63) is 39.8 Å². The third kappa shape index (κ3) is 3.87. The van der Waals surface area contributed by atoms with Crippen molar-refractivity contribution in [2.75, 3.05) is 13.8 Å². The Bertz CT molecular complexity index is 727. The molecule has 0 aliphatic carbocycles. The van der Waals surface area contributed by atoms with Crippen LogP contribution in [0.25, 0.3) is 0 Å². The van der Waals surface area contributed by atoms with E-state index in [1.54, 1.807) is 16.2 Å². The first-order valence-corrected chi connectivity index (χ1v) is 8.97. The smallest absolute Gasteiger partial charge is 0.231 e. The molecule has 1 aromatic heterocycles. The van der Waals surface area contributed by atoms with E-state index in [1.165, 1.54) is 0 Å². The van der Waals surface area contributed by atoms with Crippen molar-refractivity contribution < 1.29 is 14.3 Å². The van der Waals surface area contributed by atoms with Gasteiger partial charge in [0, 0.05) is 24.8 Å². The second-order valence-corrected chi connectivity index (χ2v) is 7.16. The van der Waals surface area contributed by atoms with Crippen molar-refractivity contribution in [2.45, 2.75) is 39.2 Å². The lowest BCUT2D eigenvalue weighted by Gasteiger charge is -2.16. The van der Waals surface area contributed by atoms with Crippen molar-refractivity contribution in [2.24, 2.45) is 0 Å². The first-order valence-electron chi connectivity index (χ1n) is 8.09. The van der Waals surface area contributed by atoms with Gasteiger partial charge in [-0.15, -0.1) is 11.3 Å². The Morgan fingerprint density at radius 2 is 2.12 bits per heavy atom. The zero-order chi connectivity index (χ0) is 17.1. The molecule has 5 nitrogen and oxygen atoms in total. The molecular formula is C18H22N2O3S. The van der Waals surface area contributed by atoms with E-state index in [2.05, 4.69) is 18.8 Å². The number of benzene rings is 1. The minimum Gasteiger partial charge on any atom is -0.454 e. The van der Waals surface area contributed by atoms with Crippen LogP contribution >= 0.6 is 11.3 Å². The highest BCUT2D eigenvalue weighted by Crippen LogP contribution is 2.32. The summed E-state index contributed by atoms with van der Waals surface area (Å²) in [5.74, 6) is 2.08. The Labute approximate surface area is 146 Å². The molecule has 24 heavy (non-hydrogen) atoms. The molecule has 0 saturated carbocycles. The second-order valence-electron chi connectivity index (χ2n) is 6.27. The molecule has 1 aliphatic rings. The first-order chi connectivity index (χ1) is 11.5. The average Bonchev–Trinajstić information content (AvgIpc) is 3.20. The van der Waals surface area contributed by atoms with Gasteiger partial charge in [-0.2, -0.15) is 0 Å². The summed E-state index contributed by atoms with van der Waals surface area (Å²) in [5.41, 5.74) is 2.04. The van der Waals surface area contributed by atoms with Gasteiger partial charge in [0.25, 0.3) is 0 Å². The van der Waals surface area contributed by atoms with Gasteiger partial charge < -0.3 is 14.4 Å². The summed E-state index contributed by atoms with van der Waals surface area (Å²) >= 11 is 1.66. The van der Waals surface area contributed by atoms with Gasteiger partial charge in [0.05, 0.1) is 17.2 Å². The lowest BCUT2D eigenvalue weighted by atomic mass is 10.1. The molecule has 0 atom stereocenters.